The van der Waals surface area contributed by atoms with Crippen molar-refractivity contribution in [2.75, 3.05) is 10.6 Å². The first-order chi connectivity index (χ1) is 9.93. The molecule has 4 rings (SSSR count). The summed E-state index contributed by atoms with van der Waals surface area (Å²) in [6.07, 6.45) is 3.54. The zero-order chi connectivity index (χ0) is 13.4. The first-order valence-electron chi connectivity index (χ1n) is 6.68. The van der Waals surface area contributed by atoms with Gasteiger partial charge < -0.3 is 10.6 Å². The van der Waals surface area contributed by atoms with Crippen molar-refractivity contribution < 1.29 is 0 Å². The highest BCUT2D eigenvalue weighted by Crippen LogP contribution is 2.43. The third-order valence-electron chi connectivity index (χ3n) is 3.77. The molecular formula is C16H14N4. The molecule has 2 aromatic carbocycles. The second kappa shape index (κ2) is 4.49. The van der Waals surface area contributed by atoms with Gasteiger partial charge in [-0.2, -0.15) is 0 Å². The molecule has 98 valence electrons. The summed E-state index contributed by atoms with van der Waals surface area (Å²) in [5.74, 6) is 0. The summed E-state index contributed by atoms with van der Waals surface area (Å²) in [7, 11) is 0. The maximum Gasteiger partial charge on any atom is 0.105 e. The Morgan fingerprint density at radius 3 is 1.60 bits per heavy atom. The van der Waals surface area contributed by atoms with Crippen LogP contribution in [0.1, 0.15) is 23.2 Å². The molecule has 0 radical (unpaired) electrons. The fourth-order valence-corrected chi connectivity index (χ4v) is 2.81. The molecule has 2 aliphatic heterocycles. The molecule has 0 saturated carbocycles. The smallest absolute Gasteiger partial charge is 0.105 e. The maximum absolute atomic E-state index is 4.62. The van der Waals surface area contributed by atoms with Crippen LogP contribution in [-0.4, -0.2) is 12.7 Å². The number of hydrogen-bond donors (Lipinski definition) is 2. The van der Waals surface area contributed by atoms with E-state index in [2.05, 4.69) is 44.9 Å². The summed E-state index contributed by atoms with van der Waals surface area (Å²) in [5, 5.41) is 6.39. The molecule has 0 amide bonds. The van der Waals surface area contributed by atoms with Crippen LogP contribution in [0, 0.1) is 0 Å². The van der Waals surface area contributed by atoms with Crippen molar-refractivity contribution in [3.63, 3.8) is 0 Å². The predicted octanol–water partition coefficient (Wildman–Crippen LogP) is 3.38. The van der Waals surface area contributed by atoms with E-state index in [0.29, 0.717) is 0 Å². The summed E-state index contributed by atoms with van der Waals surface area (Å²) < 4.78 is 0. The molecule has 4 nitrogen and oxygen atoms in total. The SMILES string of the molecule is C1=NC(C2N=CNc3ccccc32)c2ccccc2N1. The van der Waals surface area contributed by atoms with Gasteiger partial charge in [0.25, 0.3) is 0 Å². The normalized spacial score (nSPS) is 22.4. The molecule has 2 heterocycles. The van der Waals surface area contributed by atoms with Crippen LogP contribution in [0.25, 0.3) is 0 Å². The van der Waals surface area contributed by atoms with E-state index >= 15 is 0 Å². The number of benzene rings is 2. The van der Waals surface area contributed by atoms with E-state index in [1.165, 1.54) is 11.1 Å². The minimum atomic E-state index is 0.0203. The molecule has 2 N–H and O–H groups in total. The fraction of sp³-hybridized carbons (Fsp3) is 0.125. The van der Waals surface area contributed by atoms with Crippen molar-refractivity contribution in [1.82, 2.24) is 0 Å². The number of fused-ring (bicyclic) bond motifs is 2. The van der Waals surface area contributed by atoms with Crippen LogP contribution in [0.3, 0.4) is 0 Å². The Labute approximate surface area is 117 Å². The molecular weight excluding hydrogens is 248 g/mol. The molecule has 2 aromatic rings. The Balaban J connectivity index is 1.82. The number of aliphatic imine (C=N–C) groups is 2. The van der Waals surface area contributed by atoms with Crippen molar-refractivity contribution in [2.24, 2.45) is 9.98 Å². The number of para-hydroxylation sites is 2. The Morgan fingerprint density at radius 1 is 0.650 bits per heavy atom. The summed E-state index contributed by atoms with van der Waals surface area (Å²) >= 11 is 0. The molecule has 0 bridgehead atoms. The molecule has 0 fully saturated rings. The van der Waals surface area contributed by atoms with Crippen LogP contribution in [0.15, 0.2) is 58.5 Å². The monoisotopic (exact) mass is 262 g/mol. The summed E-state index contributed by atoms with van der Waals surface area (Å²) in [6.45, 7) is 0. The predicted molar refractivity (Wildman–Crippen MR) is 82.6 cm³/mol. The van der Waals surface area contributed by atoms with Gasteiger partial charge in [0.05, 0.1) is 12.7 Å². The Kier molecular flexibility index (Phi) is 2.52. The second-order valence-electron chi connectivity index (χ2n) is 4.91. The molecule has 0 aliphatic carbocycles. The van der Waals surface area contributed by atoms with E-state index in [0.717, 1.165) is 11.4 Å². The molecule has 2 atom stereocenters. The Morgan fingerprint density at radius 2 is 1.10 bits per heavy atom. The zero-order valence-corrected chi connectivity index (χ0v) is 10.8. The van der Waals surface area contributed by atoms with Crippen molar-refractivity contribution in [3.8, 4) is 0 Å². The minimum absolute atomic E-state index is 0.0203. The van der Waals surface area contributed by atoms with E-state index in [1.807, 2.05) is 24.3 Å². The van der Waals surface area contributed by atoms with Crippen LogP contribution in [0.2, 0.25) is 0 Å². The number of nitrogens with one attached hydrogen (secondary N) is 2. The van der Waals surface area contributed by atoms with Crippen LogP contribution in [-0.2, 0) is 0 Å². The molecule has 2 unspecified atom stereocenters. The average molecular weight is 262 g/mol. The highest BCUT2D eigenvalue weighted by atomic mass is 15.1. The third kappa shape index (κ3) is 1.69. The van der Waals surface area contributed by atoms with Gasteiger partial charge in [-0.05, 0) is 12.1 Å². The Bertz CT molecular complexity index is 644. The van der Waals surface area contributed by atoms with Gasteiger partial charge in [0, 0.05) is 22.5 Å². The van der Waals surface area contributed by atoms with Crippen LogP contribution >= 0.6 is 0 Å². The van der Waals surface area contributed by atoms with Crippen LogP contribution < -0.4 is 10.6 Å². The van der Waals surface area contributed by atoms with E-state index < -0.39 is 0 Å². The highest BCUT2D eigenvalue weighted by Gasteiger charge is 2.29. The van der Waals surface area contributed by atoms with Gasteiger partial charge in [0.1, 0.15) is 12.1 Å². The van der Waals surface area contributed by atoms with Crippen LogP contribution in [0.5, 0.6) is 0 Å². The molecule has 0 spiro atoms. The van der Waals surface area contributed by atoms with E-state index in [-0.39, 0.29) is 12.1 Å². The number of anilines is 2. The number of rotatable bonds is 1. The lowest BCUT2D eigenvalue weighted by Gasteiger charge is -2.29. The van der Waals surface area contributed by atoms with Gasteiger partial charge in [-0.1, -0.05) is 36.4 Å². The topological polar surface area (TPSA) is 48.8 Å². The van der Waals surface area contributed by atoms with Gasteiger partial charge in [-0.3, -0.25) is 9.98 Å². The molecule has 2 aliphatic rings. The Hall–Kier alpha value is -2.62. The van der Waals surface area contributed by atoms with Crippen molar-refractivity contribution in [3.05, 3.63) is 59.7 Å². The average Bonchev–Trinajstić information content (AvgIpc) is 2.54. The fourth-order valence-electron chi connectivity index (χ4n) is 2.81. The first-order valence-corrected chi connectivity index (χ1v) is 6.68. The summed E-state index contributed by atoms with van der Waals surface area (Å²) in [6, 6.07) is 16.6. The molecule has 4 heteroatoms. The lowest BCUT2D eigenvalue weighted by atomic mass is 9.91. The van der Waals surface area contributed by atoms with Crippen molar-refractivity contribution in [1.29, 1.82) is 0 Å². The summed E-state index contributed by atoms with van der Waals surface area (Å²) in [4.78, 5) is 9.23. The van der Waals surface area contributed by atoms with Gasteiger partial charge >= 0.3 is 0 Å². The minimum Gasteiger partial charge on any atom is -0.346 e. The molecule has 0 saturated heterocycles. The lowest BCUT2D eigenvalue weighted by molar-refractivity contribution is 0.579. The first kappa shape index (κ1) is 11.2. The van der Waals surface area contributed by atoms with E-state index in [1.54, 1.807) is 12.7 Å². The highest BCUT2D eigenvalue weighted by molar-refractivity contribution is 5.83. The van der Waals surface area contributed by atoms with E-state index in [9.17, 15) is 0 Å². The lowest BCUT2D eigenvalue weighted by Crippen LogP contribution is -2.19. The van der Waals surface area contributed by atoms with Gasteiger partial charge in [0.15, 0.2) is 0 Å². The maximum atomic E-state index is 4.62. The molecule has 20 heavy (non-hydrogen) atoms. The van der Waals surface area contributed by atoms with Crippen molar-refractivity contribution >= 4 is 24.1 Å². The van der Waals surface area contributed by atoms with Gasteiger partial charge in [0.2, 0.25) is 0 Å². The zero-order valence-electron chi connectivity index (χ0n) is 10.8. The number of nitrogens with zero attached hydrogens (tertiary/aromatic N) is 2. The molecule has 0 aromatic heterocycles. The van der Waals surface area contributed by atoms with Gasteiger partial charge in [-0.15, -0.1) is 0 Å². The number of hydrogen-bond acceptors (Lipinski definition) is 4. The van der Waals surface area contributed by atoms with Crippen molar-refractivity contribution in [2.45, 2.75) is 12.1 Å². The second-order valence-corrected chi connectivity index (χ2v) is 4.91. The van der Waals surface area contributed by atoms with Crippen LogP contribution in [0.4, 0.5) is 11.4 Å². The van der Waals surface area contributed by atoms with Gasteiger partial charge in [-0.25, -0.2) is 0 Å². The summed E-state index contributed by atoms with van der Waals surface area (Å²) in [5.41, 5.74) is 4.60. The third-order valence-corrected chi connectivity index (χ3v) is 3.77. The van der Waals surface area contributed by atoms with E-state index in [4.69, 9.17) is 0 Å². The standard InChI is InChI=1S/C16H14N4/c1-3-7-13-11(5-1)15(19-9-17-13)16-12-6-2-4-8-14(12)18-10-20-16/h1-10,15-16H,(H,17,19)(H,18,20). The quantitative estimate of drug-likeness (QED) is 0.827. The largest absolute Gasteiger partial charge is 0.346 e.